The minimum atomic E-state index is -0.0565. The van der Waals surface area contributed by atoms with Crippen LogP contribution in [-0.2, 0) is 11.3 Å². The molecule has 1 N–H and O–H groups in total. The molecule has 5 nitrogen and oxygen atoms in total. The van der Waals surface area contributed by atoms with E-state index < -0.39 is 0 Å². The summed E-state index contributed by atoms with van der Waals surface area (Å²) in [6.45, 7) is 1.89. The molecule has 1 amide bonds. The normalized spacial score (nSPS) is 17.3. The van der Waals surface area contributed by atoms with Gasteiger partial charge in [-0.25, -0.2) is 0 Å². The molecule has 1 aromatic heterocycles. The van der Waals surface area contributed by atoms with Crippen molar-refractivity contribution in [1.82, 2.24) is 4.57 Å². The van der Waals surface area contributed by atoms with Crippen LogP contribution in [0.3, 0.4) is 0 Å². The molecule has 0 bridgehead atoms. The number of hydrogen-bond acceptors (Lipinski definition) is 3. The number of carbonyl (C=O) groups excluding carboxylic acids is 1. The van der Waals surface area contributed by atoms with Crippen LogP contribution in [0.25, 0.3) is 10.9 Å². The van der Waals surface area contributed by atoms with E-state index in [4.69, 9.17) is 9.47 Å². The highest BCUT2D eigenvalue weighted by Crippen LogP contribution is 2.43. The van der Waals surface area contributed by atoms with Gasteiger partial charge in [0.1, 0.15) is 13.2 Å². The fourth-order valence-electron chi connectivity index (χ4n) is 4.73. The highest BCUT2D eigenvalue weighted by molar-refractivity contribution is 6.06. The van der Waals surface area contributed by atoms with Gasteiger partial charge in [0.15, 0.2) is 11.5 Å². The Morgan fingerprint density at radius 3 is 2.65 bits per heavy atom. The topological polar surface area (TPSA) is 52.5 Å². The summed E-state index contributed by atoms with van der Waals surface area (Å²) in [5, 5.41) is 4.23. The van der Waals surface area contributed by atoms with Crippen LogP contribution in [-0.4, -0.2) is 23.7 Å². The molecule has 0 radical (unpaired) electrons. The van der Waals surface area contributed by atoms with Crippen molar-refractivity contribution in [3.05, 3.63) is 89.6 Å². The molecular formula is C26H22N2O3. The van der Waals surface area contributed by atoms with Gasteiger partial charge >= 0.3 is 0 Å². The van der Waals surface area contributed by atoms with Crippen molar-refractivity contribution in [2.45, 2.75) is 18.9 Å². The minimum Gasteiger partial charge on any atom is -0.486 e. The number of carbonyl (C=O) groups is 1. The van der Waals surface area contributed by atoms with Crippen LogP contribution in [0.2, 0.25) is 0 Å². The summed E-state index contributed by atoms with van der Waals surface area (Å²) in [6.07, 6.45) is 2.60. The average molecular weight is 410 g/mol. The van der Waals surface area contributed by atoms with Crippen LogP contribution in [0.15, 0.2) is 72.9 Å². The summed E-state index contributed by atoms with van der Waals surface area (Å²) in [5.41, 5.74) is 5.48. The molecule has 3 heterocycles. The summed E-state index contributed by atoms with van der Waals surface area (Å²) < 4.78 is 13.8. The predicted molar refractivity (Wildman–Crippen MR) is 120 cm³/mol. The Morgan fingerprint density at radius 1 is 0.935 bits per heavy atom. The van der Waals surface area contributed by atoms with Crippen molar-refractivity contribution >= 4 is 22.5 Å². The van der Waals surface area contributed by atoms with Gasteiger partial charge in [0, 0.05) is 30.5 Å². The van der Waals surface area contributed by atoms with Crippen molar-refractivity contribution in [2.24, 2.45) is 0 Å². The maximum atomic E-state index is 12.8. The first kappa shape index (κ1) is 18.1. The summed E-state index contributed by atoms with van der Waals surface area (Å²) in [6, 6.07) is 22.6. The minimum absolute atomic E-state index is 0.0261. The third-order valence-corrected chi connectivity index (χ3v) is 6.14. The highest BCUT2D eigenvalue weighted by atomic mass is 16.6. The molecule has 154 valence electrons. The van der Waals surface area contributed by atoms with Crippen LogP contribution >= 0.6 is 0 Å². The van der Waals surface area contributed by atoms with Crippen LogP contribution in [0.4, 0.5) is 5.69 Å². The van der Waals surface area contributed by atoms with E-state index in [0.717, 1.165) is 45.8 Å². The lowest BCUT2D eigenvalue weighted by Gasteiger charge is -2.21. The zero-order valence-corrected chi connectivity index (χ0v) is 17.0. The first-order valence-electron chi connectivity index (χ1n) is 10.6. The van der Waals surface area contributed by atoms with E-state index in [0.29, 0.717) is 19.6 Å². The van der Waals surface area contributed by atoms with Crippen LogP contribution in [0.5, 0.6) is 11.5 Å². The molecule has 2 aliphatic heterocycles. The molecule has 0 fully saturated rings. The number of rotatable bonds is 3. The zero-order chi connectivity index (χ0) is 20.8. The molecule has 0 spiro atoms. The van der Waals surface area contributed by atoms with E-state index in [1.54, 1.807) is 0 Å². The van der Waals surface area contributed by atoms with Gasteiger partial charge in [-0.05, 0) is 41.0 Å². The molecular weight excluding hydrogens is 388 g/mol. The highest BCUT2D eigenvalue weighted by Gasteiger charge is 2.29. The summed E-state index contributed by atoms with van der Waals surface area (Å²) in [4.78, 5) is 12.8. The maximum absolute atomic E-state index is 12.8. The number of aromatic nitrogens is 1. The molecule has 0 saturated carbocycles. The first-order chi connectivity index (χ1) is 15.3. The van der Waals surface area contributed by atoms with Gasteiger partial charge in [0.2, 0.25) is 5.91 Å². The van der Waals surface area contributed by atoms with E-state index in [1.807, 2.05) is 30.3 Å². The molecule has 2 aliphatic rings. The van der Waals surface area contributed by atoms with Gasteiger partial charge in [-0.15, -0.1) is 0 Å². The molecule has 6 rings (SSSR count). The van der Waals surface area contributed by atoms with Gasteiger partial charge in [0.05, 0.1) is 11.2 Å². The standard InChI is InChI=1S/C26H22N2O3/c29-25-14-19(18-9-10-23-24(13-18)31-12-11-30-23)20-16-28(15-17-5-2-1-3-6-17)22-8-4-7-21(27-25)26(20)22/h1-10,13,16,19H,11-12,14-15H2,(H,27,29). The van der Waals surface area contributed by atoms with Crippen molar-refractivity contribution in [2.75, 3.05) is 18.5 Å². The first-order valence-corrected chi connectivity index (χ1v) is 10.6. The lowest BCUT2D eigenvalue weighted by molar-refractivity contribution is -0.116. The van der Waals surface area contributed by atoms with Crippen LogP contribution in [0, 0.1) is 0 Å². The molecule has 0 saturated heterocycles. The fourth-order valence-corrected chi connectivity index (χ4v) is 4.73. The number of hydrogen-bond donors (Lipinski definition) is 1. The van der Waals surface area contributed by atoms with Gasteiger partial charge in [-0.2, -0.15) is 0 Å². The third-order valence-electron chi connectivity index (χ3n) is 6.14. The lowest BCUT2D eigenvalue weighted by atomic mass is 9.88. The third kappa shape index (κ3) is 3.13. The molecule has 1 unspecified atom stereocenters. The second-order valence-electron chi connectivity index (χ2n) is 8.11. The fraction of sp³-hybridized carbons (Fsp3) is 0.192. The smallest absolute Gasteiger partial charge is 0.225 e. The summed E-state index contributed by atoms with van der Waals surface area (Å²) in [5.74, 6) is 1.49. The van der Waals surface area contributed by atoms with E-state index in [1.165, 1.54) is 5.56 Å². The molecule has 0 aliphatic carbocycles. The monoisotopic (exact) mass is 410 g/mol. The lowest BCUT2D eigenvalue weighted by Crippen LogP contribution is -2.16. The molecule has 31 heavy (non-hydrogen) atoms. The Labute approximate surface area is 180 Å². The Kier molecular flexibility index (Phi) is 4.20. The number of nitrogens with one attached hydrogen (secondary N) is 1. The molecule has 1 atom stereocenters. The Morgan fingerprint density at radius 2 is 1.77 bits per heavy atom. The van der Waals surface area contributed by atoms with E-state index in [2.05, 4.69) is 52.5 Å². The number of ether oxygens (including phenoxy) is 2. The van der Waals surface area contributed by atoms with Crippen LogP contribution < -0.4 is 14.8 Å². The van der Waals surface area contributed by atoms with Crippen molar-refractivity contribution < 1.29 is 14.3 Å². The van der Waals surface area contributed by atoms with Crippen LogP contribution in [0.1, 0.15) is 29.0 Å². The summed E-state index contributed by atoms with van der Waals surface area (Å²) in [7, 11) is 0. The molecule has 3 aromatic carbocycles. The zero-order valence-electron chi connectivity index (χ0n) is 17.0. The number of fused-ring (bicyclic) bond motifs is 1. The largest absolute Gasteiger partial charge is 0.486 e. The van der Waals surface area contributed by atoms with Gasteiger partial charge in [-0.1, -0.05) is 42.5 Å². The Bertz CT molecular complexity index is 1290. The number of benzene rings is 3. The molecule has 4 aromatic rings. The number of anilines is 1. The van der Waals surface area contributed by atoms with Crippen molar-refractivity contribution in [3.63, 3.8) is 0 Å². The van der Waals surface area contributed by atoms with Crippen molar-refractivity contribution in [1.29, 1.82) is 0 Å². The van der Waals surface area contributed by atoms with E-state index in [-0.39, 0.29) is 11.8 Å². The SMILES string of the molecule is O=C1CC(c2ccc3c(c2)OCCO3)c2cn(Cc3ccccc3)c3cccc(c23)N1. The van der Waals surface area contributed by atoms with E-state index >= 15 is 0 Å². The second-order valence-corrected chi connectivity index (χ2v) is 8.11. The number of nitrogens with zero attached hydrogens (tertiary/aromatic N) is 1. The summed E-state index contributed by atoms with van der Waals surface area (Å²) >= 11 is 0. The maximum Gasteiger partial charge on any atom is 0.225 e. The van der Waals surface area contributed by atoms with Gasteiger partial charge in [0.25, 0.3) is 0 Å². The predicted octanol–water partition coefficient (Wildman–Crippen LogP) is 4.93. The van der Waals surface area contributed by atoms with Crippen molar-refractivity contribution in [3.8, 4) is 11.5 Å². The van der Waals surface area contributed by atoms with Gasteiger partial charge < -0.3 is 19.4 Å². The molecule has 5 heteroatoms. The average Bonchev–Trinajstić information content (AvgIpc) is 3.09. The van der Waals surface area contributed by atoms with E-state index in [9.17, 15) is 4.79 Å². The Hall–Kier alpha value is -3.73. The Balaban J connectivity index is 1.51. The number of amides is 1. The quantitative estimate of drug-likeness (QED) is 0.521. The second kappa shape index (κ2) is 7.20. The van der Waals surface area contributed by atoms with Gasteiger partial charge in [-0.3, -0.25) is 4.79 Å².